The van der Waals surface area contributed by atoms with Gasteiger partial charge >= 0.3 is 6.18 Å². The molecule has 1 aliphatic heterocycles. The van der Waals surface area contributed by atoms with Crippen molar-refractivity contribution < 1.29 is 17.9 Å². The standard InChI is InChI=1S/C12H14BrF3N2O/c13-8-1-2-11(10(5-8)12(14,15)16)18-3-4-19-9(6-17)7-18/h1-2,5,9H,3-4,6-7,17H2. The molecule has 0 radical (unpaired) electrons. The second kappa shape index (κ2) is 5.68. The topological polar surface area (TPSA) is 38.5 Å². The van der Waals surface area contributed by atoms with Gasteiger partial charge < -0.3 is 15.4 Å². The molecule has 1 saturated heterocycles. The number of alkyl halides is 3. The van der Waals surface area contributed by atoms with E-state index in [1.807, 2.05) is 0 Å². The highest BCUT2D eigenvalue weighted by Crippen LogP contribution is 2.38. The van der Waals surface area contributed by atoms with Gasteiger partial charge in [-0.25, -0.2) is 0 Å². The molecule has 2 rings (SSSR count). The van der Waals surface area contributed by atoms with Crippen LogP contribution in [0.15, 0.2) is 22.7 Å². The minimum absolute atomic E-state index is 0.178. The molecule has 0 amide bonds. The first kappa shape index (κ1) is 14.6. The first-order valence-corrected chi connectivity index (χ1v) is 6.64. The molecule has 1 heterocycles. The van der Waals surface area contributed by atoms with Gasteiger partial charge in [-0.05, 0) is 18.2 Å². The lowest BCUT2D eigenvalue weighted by Gasteiger charge is -2.35. The molecule has 0 spiro atoms. The molecule has 1 fully saturated rings. The summed E-state index contributed by atoms with van der Waals surface area (Å²) in [6.45, 7) is 1.49. The van der Waals surface area contributed by atoms with E-state index in [9.17, 15) is 13.2 Å². The highest BCUT2D eigenvalue weighted by atomic mass is 79.9. The van der Waals surface area contributed by atoms with Gasteiger partial charge in [0.25, 0.3) is 0 Å². The van der Waals surface area contributed by atoms with Gasteiger partial charge in [0.1, 0.15) is 0 Å². The number of halogens is 4. The van der Waals surface area contributed by atoms with E-state index in [2.05, 4.69) is 15.9 Å². The van der Waals surface area contributed by atoms with E-state index >= 15 is 0 Å². The number of nitrogens with two attached hydrogens (primary N) is 1. The van der Waals surface area contributed by atoms with Crippen LogP contribution in [0, 0.1) is 0 Å². The maximum atomic E-state index is 13.1. The summed E-state index contributed by atoms with van der Waals surface area (Å²) in [5, 5.41) is 0. The zero-order valence-corrected chi connectivity index (χ0v) is 11.7. The van der Waals surface area contributed by atoms with E-state index in [0.29, 0.717) is 30.7 Å². The van der Waals surface area contributed by atoms with Crippen LogP contribution in [0.4, 0.5) is 18.9 Å². The molecule has 0 bridgehead atoms. The Labute approximate surface area is 117 Å². The van der Waals surface area contributed by atoms with Gasteiger partial charge in [-0.3, -0.25) is 0 Å². The summed E-state index contributed by atoms with van der Waals surface area (Å²) in [5.41, 5.74) is 5.05. The van der Waals surface area contributed by atoms with Crippen molar-refractivity contribution in [3.05, 3.63) is 28.2 Å². The predicted molar refractivity (Wildman–Crippen MR) is 70.2 cm³/mol. The van der Waals surface area contributed by atoms with Crippen LogP contribution in [0.1, 0.15) is 5.56 Å². The molecule has 1 unspecified atom stereocenters. The molecular weight excluding hydrogens is 325 g/mol. The van der Waals surface area contributed by atoms with Crippen LogP contribution in [0.25, 0.3) is 0 Å². The Balaban J connectivity index is 2.33. The van der Waals surface area contributed by atoms with Crippen molar-refractivity contribution in [2.75, 3.05) is 31.1 Å². The Kier molecular flexibility index (Phi) is 4.37. The number of ether oxygens (including phenoxy) is 1. The lowest BCUT2D eigenvalue weighted by atomic mass is 10.1. The van der Waals surface area contributed by atoms with Gasteiger partial charge in [-0.1, -0.05) is 15.9 Å². The van der Waals surface area contributed by atoms with Gasteiger partial charge in [0.15, 0.2) is 0 Å². The van der Waals surface area contributed by atoms with Crippen molar-refractivity contribution in [2.45, 2.75) is 12.3 Å². The van der Waals surface area contributed by atoms with Gasteiger partial charge in [-0.15, -0.1) is 0 Å². The number of rotatable bonds is 2. The van der Waals surface area contributed by atoms with Crippen LogP contribution in [0.3, 0.4) is 0 Å². The van der Waals surface area contributed by atoms with E-state index in [1.165, 1.54) is 6.07 Å². The first-order chi connectivity index (χ1) is 8.91. The van der Waals surface area contributed by atoms with Gasteiger partial charge in [0, 0.05) is 29.8 Å². The molecule has 0 saturated carbocycles. The molecule has 0 aliphatic carbocycles. The molecule has 1 atom stereocenters. The molecule has 19 heavy (non-hydrogen) atoms. The SMILES string of the molecule is NCC1CN(c2ccc(Br)cc2C(F)(F)F)CCO1. The fraction of sp³-hybridized carbons (Fsp3) is 0.500. The van der Waals surface area contributed by atoms with Crippen molar-refractivity contribution >= 4 is 21.6 Å². The second-order valence-electron chi connectivity index (χ2n) is 4.33. The third-order valence-corrected chi connectivity index (χ3v) is 3.50. The molecule has 106 valence electrons. The summed E-state index contributed by atoms with van der Waals surface area (Å²) in [7, 11) is 0. The quantitative estimate of drug-likeness (QED) is 0.900. The third-order valence-electron chi connectivity index (χ3n) is 3.01. The first-order valence-electron chi connectivity index (χ1n) is 5.85. The van der Waals surface area contributed by atoms with E-state index < -0.39 is 11.7 Å². The van der Waals surface area contributed by atoms with Crippen LogP contribution in [-0.4, -0.2) is 32.3 Å². The molecule has 2 N–H and O–H groups in total. The van der Waals surface area contributed by atoms with Crippen molar-refractivity contribution in [3.8, 4) is 0 Å². The molecule has 0 aromatic heterocycles. The van der Waals surface area contributed by atoms with Crippen LogP contribution in [0.5, 0.6) is 0 Å². The van der Waals surface area contributed by atoms with Crippen LogP contribution < -0.4 is 10.6 Å². The molecule has 1 aromatic rings. The van der Waals surface area contributed by atoms with Crippen molar-refractivity contribution in [3.63, 3.8) is 0 Å². The van der Waals surface area contributed by atoms with E-state index in [-0.39, 0.29) is 11.8 Å². The van der Waals surface area contributed by atoms with E-state index in [0.717, 1.165) is 6.07 Å². The Morgan fingerprint density at radius 3 is 2.79 bits per heavy atom. The average Bonchev–Trinajstić information content (AvgIpc) is 2.37. The van der Waals surface area contributed by atoms with Crippen LogP contribution in [0.2, 0.25) is 0 Å². The van der Waals surface area contributed by atoms with Crippen LogP contribution in [-0.2, 0) is 10.9 Å². The number of nitrogens with zero attached hydrogens (tertiary/aromatic N) is 1. The van der Waals surface area contributed by atoms with Crippen LogP contribution >= 0.6 is 15.9 Å². The molecule has 1 aromatic carbocycles. The fourth-order valence-electron chi connectivity index (χ4n) is 2.09. The molecule has 1 aliphatic rings. The largest absolute Gasteiger partial charge is 0.418 e. The summed E-state index contributed by atoms with van der Waals surface area (Å²) in [4.78, 5) is 1.68. The average molecular weight is 339 g/mol. The monoisotopic (exact) mass is 338 g/mol. The molecule has 3 nitrogen and oxygen atoms in total. The van der Waals surface area contributed by atoms with Gasteiger partial charge in [-0.2, -0.15) is 13.2 Å². The highest BCUT2D eigenvalue weighted by molar-refractivity contribution is 9.10. The fourth-order valence-corrected chi connectivity index (χ4v) is 2.45. The Morgan fingerprint density at radius 2 is 2.16 bits per heavy atom. The minimum atomic E-state index is -4.38. The number of benzene rings is 1. The highest BCUT2D eigenvalue weighted by Gasteiger charge is 2.36. The summed E-state index contributed by atoms with van der Waals surface area (Å²) >= 11 is 3.08. The third kappa shape index (κ3) is 3.40. The predicted octanol–water partition coefficient (Wildman–Crippen LogP) is 2.63. The minimum Gasteiger partial charge on any atom is -0.373 e. The lowest BCUT2D eigenvalue weighted by molar-refractivity contribution is -0.137. The van der Waals surface area contributed by atoms with E-state index in [1.54, 1.807) is 11.0 Å². The number of hydrogen-bond acceptors (Lipinski definition) is 3. The summed E-state index contributed by atoms with van der Waals surface area (Å²) in [6.07, 6.45) is -4.60. The maximum Gasteiger partial charge on any atom is 0.418 e. The maximum absolute atomic E-state index is 13.1. The van der Waals surface area contributed by atoms with Crippen molar-refractivity contribution in [2.24, 2.45) is 5.73 Å². The second-order valence-corrected chi connectivity index (χ2v) is 5.25. The molecular formula is C12H14BrF3N2O. The van der Waals surface area contributed by atoms with Crippen molar-refractivity contribution in [1.29, 1.82) is 0 Å². The molecule has 7 heteroatoms. The number of hydrogen-bond donors (Lipinski definition) is 1. The summed E-state index contributed by atoms with van der Waals surface area (Å²) in [6, 6.07) is 4.19. The Hall–Kier alpha value is -0.790. The van der Waals surface area contributed by atoms with Crippen molar-refractivity contribution in [1.82, 2.24) is 0 Å². The van der Waals surface area contributed by atoms with E-state index in [4.69, 9.17) is 10.5 Å². The Morgan fingerprint density at radius 1 is 1.42 bits per heavy atom. The Bertz CT molecular complexity index is 453. The number of anilines is 1. The van der Waals surface area contributed by atoms with Gasteiger partial charge in [0.2, 0.25) is 0 Å². The zero-order valence-electron chi connectivity index (χ0n) is 10.1. The van der Waals surface area contributed by atoms with Gasteiger partial charge in [0.05, 0.1) is 18.3 Å². The number of morpholine rings is 1. The normalized spacial score (nSPS) is 20.7. The lowest BCUT2D eigenvalue weighted by Crippen LogP contribution is -2.46. The zero-order chi connectivity index (χ0) is 14.0. The summed E-state index contributed by atoms with van der Waals surface area (Å²) < 4.78 is 45.0. The smallest absolute Gasteiger partial charge is 0.373 e. The summed E-state index contributed by atoms with van der Waals surface area (Å²) in [5.74, 6) is 0.